The number of hydrogen-bond donors (Lipinski definition) is 2. The van der Waals surface area contributed by atoms with Crippen molar-refractivity contribution in [1.29, 1.82) is 0 Å². The summed E-state index contributed by atoms with van der Waals surface area (Å²) >= 11 is 6.10. The molecule has 1 heterocycles. The van der Waals surface area contributed by atoms with E-state index in [2.05, 4.69) is 0 Å². The van der Waals surface area contributed by atoms with E-state index in [1.54, 1.807) is 66.7 Å². The number of halogens is 1. The Bertz CT molecular complexity index is 1120. The van der Waals surface area contributed by atoms with Crippen molar-refractivity contribution in [2.75, 3.05) is 4.90 Å². The predicted octanol–water partition coefficient (Wildman–Crippen LogP) is 4.67. The van der Waals surface area contributed by atoms with Crippen LogP contribution in [0.4, 0.5) is 5.69 Å². The van der Waals surface area contributed by atoms with E-state index >= 15 is 0 Å². The molecule has 0 aromatic heterocycles. The van der Waals surface area contributed by atoms with Gasteiger partial charge >= 0.3 is 0 Å². The summed E-state index contributed by atoms with van der Waals surface area (Å²) in [5.41, 5.74) is 1.41. The van der Waals surface area contributed by atoms with Crippen LogP contribution in [-0.4, -0.2) is 21.9 Å². The number of aliphatic hydroxyl groups excluding tert-OH is 1. The zero-order valence-electron chi connectivity index (χ0n) is 15.1. The molecule has 1 saturated heterocycles. The van der Waals surface area contributed by atoms with Gasteiger partial charge in [-0.05, 0) is 35.9 Å². The van der Waals surface area contributed by atoms with Gasteiger partial charge < -0.3 is 10.2 Å². The summed E-state index contributed by atoms with van der Waals surface area (Å²) in [6, 6.07) is 20.5. The van der Waals surface area contributed by atoms with E-state index in [1.807, 2.05) is 0 Å². The van der Waals surface area contributed by atoms with Gasteiger partial charge in [0.25, 0.3) is 11.7 Å². The van der Waals surface area contributed by atoms with Crippen LogP contribution in [0, 0.1) is 0 Å². The number of benzene rings is 3. The van der Waals surface area contributed by atoms with Gasteiger partial charge in [0.05, 0.1) is 11.6 Å². The first-order valence-corrected chi connectivity index (χ1v) is 9.26. The molecule has 3 aromatic carbocycles. The molecular weight excluding hydrogens is 390 g/mol. The maximum atomic E-state index is 13.0. The summed E-state index contributed by atoms with van der Waals surface area (Å²) in [5.74, 6) is -1.75. The summed E-state index contributed by atoms with van der Waals surface area (Å²) in [6.45, 7) is 0. The number of rotatable bonds is 3. The van der Waals surface area contributed by atoms with Crippen molar-refractivity contribution in [2.24, 2.45) is 0 Å². The molecule has 1 atom stereocenters. The number of ketones is 1. The van der Waals surface area contributed by atoms with Gasteiger partial charge in [0.2, 0.25) is 0 Å². The monoisotopic (exact) mass is 405 g/mol. The van der Waals surface area contributed by atoms with Crippen LogP contribution in [0.3, 0.4) is 0 Å². The van der Waals surface area contributed by atoms with Gasteiger partial charge in [-0.2, -0.15) is 0 Å². The highest BCUT2D eigenvalue weighted by molar-refractivity contribution is 6.51. The van der Waals surface area contributed by atoms with Crippen LogP contribution < -0.4 is 4.90 Å². The predicted molar refractivity (Wildman–Crippen MR) is 111 cm³/mol. The number of hydrogen-bond acceptors (Lipinski definition) is 4. The number of Topliss-reactive ketones (excluding diaryl/α,β-unsaturated/α-hetero) is 1. The number of carbonyl (C=O) groups excluding carboxylic acids is 2. The first kappa shape index (κ1) is 18.8. The first-order valence-electron chi connectivity index (χ1n) is 8.88. The molecule has 0 radical (unpaired) electrons. The quantitative estimate of drug-likeness (QED) is 0.377. The minimum Gasteiger partial charge on any atom is -0.508 e. The molecule has 3 aromatic rings. The van der Waals surface area contributed by atoms with Crippen molar-refractivity contribution in [3.8, 4) is 5.75 Å². The fourth-order valence-corrected chi connectivity index (χ4v) is 3.63. The van der Waals surface area contributed by atoms with Crippen LogP contribution >= 0.6 is 11.6 Å². The second kappa shape index (κ2) is 7.45. The van der Waals surface area contributed by atoms with Crippen molar-refractivity contribution >= 4 is 34.7 Å². The highest BCUT2D eigenvalue weighted by Gasteiger charge is 2.46. The summed E-state index contributed by atoms with van der Waals surface area (Å²) in [7, 11) is 0. The number of aliphatic hydroxyl groups is 1. The number of aromatic hydroxyl groups is 1. The van der Waals surface area contributed by atoms with Gasteiger partial charge in [-0.1, -0.05) is 60.1 Å². The van der Waals surface area contributed by atoms with Crippen LogP contribution in [0.5, 0.6) is 5.75 Å². The maximum Gasteiger partial charge on any atom is 0.300 e. The van der Waals surface area contributed by atoms with Crippen molar-refractivity contribution in [2.45, 2.75) is 6.04 Å². The average molecular weight is 406 g/mol. The number of phenols is 1. The standard InChI is InChI=1S/C23H16ClNO4/c24-16-7-4-8-17(13-16)25-20(14-9-11-18(26)12-10-14)19(22(28)23(25)29)21(27)15-5-2-1-3-6-15/h1-13,20,26-27H/b21-19+. The molecule has 6 heteroatoms. The molecule has 1 aliphatic rings. The summed E-state index contributed by atoms with van der Waals surface area (Å²) < 4.78 is 0. The molecule has 0 bridgehead atoms. The number of amides is 1. The molecule has 0 aliphatic carbocycles. The normalized spacial score (nSPS) is 18.2. The molecule has 29 heavy (non-hydrogen) atoms. The van der Waals surface area contributed by atoms with Crippen molar-refractivity contribution in [1.82, 2.24) is 0 Å². The topological polar surface area (TPSA) is 77.8 Å². The average Bonchev–Trinajstić information content (AvgIpc) is 2.99. The Hall–Kier alpha value is -3.57. The van der Waals surface area contributed by atoms with Crippen LogP contribution in [0.1, 0.15) is 17.2 Å². The van der Waals surface area contributed by atoms with Crippen LogP contribution in [0.2, 0.25) is 5.02 Å². The Kier molecular flexibility index (Phi) is 4.82. The minimum absolute atomic E-state index is 0.0214. The van der Waals surface area contributed by atoms with Crippen LogP contribution in [-0.2, 0) is 9.59 Å². The second-order valence-electron chi connectivity index (χ2n) is 6.61. The number of anilines is 1. The Morgan fingerprint density at radius 1 is 0.897 bits per heavy atom. The lowest BCUT2D eigenvalue weighted by atomic mass is 9.95. The zero-order chi connectivity index (χ0) is 20.5. The van der Waals surface area contributed by atoms with Crippen molar-refractivity contribution < 1.29 is 19.8 Å². The van der Waals surface area contributed by atoms with E-state index in [0.29, 0.717) is 21.8 Å². The smallest absolute Gasteiger partial charge is 0.300 e. The third-order valence-corrected chi connectivity index (χ3v) is 5.02. The minimum atomic E-state index is -0.866. The first-order chi connectivity index (χ1) is 14.0. The Balaban J connectivity index is 1.96. The van der Waals surface area contributed by atoms with E-state index in [0.717, 1.165) is 0 Å². The molecule has 4 rings (SSSR count). The fraction of sp³-hybridized carbons (Fsp3) is 0.0435. The Morgan fingerprint density at radius 3 is 2.24 bits per heavy atom. The van der Waals surface area contributed by atoms with Gasteiger partial charge in [0.1, 0.15) is 11.5 Å². The zero-order valence-corrected chi connectivity index (χ0v) is 15.9. The van der Waals surface area contributed by atoms with E-state index in [4.69, 9.17) is 11.6 Å². The van der Waals surface area contributed by atoms with E-state index in [-0.39, 0.29) is 17.1 Å². The Labute approximate surface area is 172 Å². The molecule has 144 valence electrons. The van der Waals surface area contributed by atoms with Gasteiger partial charge in [-0.3, -0.25) is 14.5 Å². The summed E-state index contributed by atoms with van der Waals surface area (Å²) in [4.78, 5) is 27.2. The van der Waals surface area contributed by atoms with E-state index < -0.39 is 17.7 Å². The Morgan fingerprint density at radius 2 is 1.59 bits per heavy atom. The van der Waals surface area contributed by atoms with Gasteiger partial charge in [0, 0.05) is 16.3 Å². The van der Waals surface area contributed by atoms with Gasteiger partial charge in [0.15, 0.2) is 0 Å². The lowest BCUT2D eigenvalue weighted by molar-refractivity contribution is -0.132. The third-order valence-electron chi connectivity index (χ3n) is 4.79. The largest absolute Gasteiger partial charge is 0.508 e. The second-order valence-corrected chi connectivity index (χ2v) is 7.04. The lowest BCUT2D eigenvalue weighted by Crippen LogP contribution is -2.29. The van der Waals surface area contributed by atoms with Crippen LogP contribution in [0.25, 0.3) is 5.76 Å². The lowest BCUT2D eigenvalue weighted by Gasteiger charge is -2.25. The maximum absolute atomic E-state index is 13.0. The number of nitrogens with zero attached hydrogens (tertiary/aromatic N) is 1. The van der Waals surface area contributed by atoms with Crippen molar-refractivity contribution in [3.05, 3.63) is 101 Å². The highest BCUT2D eigenvalue weighted by atomic mass is 35.5. The molecule has 0 spiro atoms. The third kappa shape index (κ3) is 3.37. The highest BCUT2D eigenvalue weighted by Crippen LogP contribution is 2.42. The molecule has 1 aliphatic heterocycles. The number of phenolic OH excluding ortho intramolecular Hbond substituents is 1. The number of carbonyl (C=O) groups is 2. The molecule has 2 N–H and O–H groups in total. The van der Waals surface area contributed by atoms with Crippen molar-refractivity contribution in [3.63, 3.8) is 0 Å². The van der Waals surface area contributed by atoms with E-state index in [9.17, 15) is 19.8 Å². The molecule has 5 nitrogen and oxygen atoms in total. The summed E-state index contributed by atoms with van der Waals surface area (Å²) in [6.07, 6.45) is 0. The van der Waals surface area contributed by atoms with Gasteiger partial charge in [-0.15, -0.1) is 0 Å². The fourth-order valence-electron chi connectivity index (χ4n) is 3.45. The van der Waals surface area contributed by atoms with Crippen LogP contribution in [0.15, 0.2) is 84.4 Å². The summed E-state index contributed by atoms with van der Waals surface area (Å²) in [5, 5.41) is 21.0. The molecule has 0 saturated carbocycles. The van der Waals surface area contributed by atoms with E-state index in [1.165, 1.54) is 17.0 Å². The SMILES string of the molecule is O=C1C(=O)N(c2cccc(Cl)c2)C(c2ccc(O)cc2)/C1=C(\O)c1ccccc1. The molecule has 1 fully saturated rings. The molecule has 1 unspecified atom stereocenters. The molecule has 1 amide bonds. The molecular formula is C23H16ClNO4. The van der Waals surface area contributed by atoms with Gasteiger partial charge in [-0.25, -0.2) is 0 Å².